The summed E-state index contributed by atoms with van der Waals surface area (Å²) < 4.78 is 5.18. The predicted molar refractivity (Wildman–Crippen MR) is 107 cm³/mol. The van der Waals surface area contributed by atoms with E-state index in [0.717, 1.165) is 11.1 Å². The van der Waals surface area contributed by atoms with Gasteiger partial charge in [-0.3, -0.25) is 9.59 Å². The minimum absolute atomic E-state index is 0.0972. The van der Waals surface area contributed by atoms with Crippen LogP contribution in [0.25, 0.3) is 11.1 Å². The van der Waals surface area contributed by atoms with Gasteiger partial charge in [0.05, 0.1) is 5.56 Å². The molecular weight excluding hydrogens is 354 g/mol. The van der Waals surface area contributed by atoms with E-state index in [-0.39, 0.29) is 5.78 Å². The van der Waals surface area contributed by atoms with Gasteiger partial charge < -0.3 is 10.1 Å². The second-order valence-electron chi connectivity index (χ2n) is 6.17. The van der Waals surface area contributed by atoms with Crippen LogP contribution in [0.2, 0.25) is 0 Å². The fourth-order valence-electron chi connectivity index (χ4n) is 2.75. The number of ketones is 1. The lowest BCUT2D eigenvalue weighted by Crippen LogP contribution is -2.21. The molecule has 5 nitrogen and oxygen atoms in total. The van der Waals surface area contributed by atoms with Gasteiger partial charge in [0, 0.05) is 11.3 Å². The number of esters is 1. The first kappa shape index (κ1) is 19.0. The summed E-state index contributed by atoms with van der Waals surface area (Å²) in [4.78, 5) is 36.0. The van der Waals surface area contributed by atoms with Crippen LogP contribution in [0.3, 0.4) is 0 Å². The van der Waals surface area contributed by atoms with Crippen molar-refractivity contribution in [1.82, 2.24) is 0 Å². The van der Waals surface area contributed by atoms with Crippen molar-refractivity contribution in [2.75, 3.05) is 11.9 Å². The van der Waals surface area contributed by atoms with E-state index >= 15 is 0 Å². The molecule has 5 heteroatoms. The summed E-state index contributed by atoms with van der Waals surface area (Å²) >= 11 is 0. The summed E-state index contributed by atoms with van der Waals surface area (Å²) in [5, 5.41) is 2.62. The fraction of sp³-hybridized carbons (Fsp3) is 0.0870. The highest BCUT2D eigenvalue weighted by Crippen LogP contribution is 2.24. The lowest BCUT2D eigenvalue weighted by Gasteiger charge is -2.10. The fourth-order valence-corrected chi connectivity index (χ4v) is 2.75. The van der Waals surface area contributed by atoms with Crippen LogP contribution >= 0.6 is 0 Å². The van der Waals surface area contributed by atoms with Crippen molar-refractivity contribution in [3.05, 3.63) is 90.0 Å². The first-order chi connectivity index (χ1) is 13.5. The largest absolute Gasteiger partial charge is 0.452 e. The summed E-state index contributed by atoms with van der Waals surface area (Å²) in [6.45, 7) is 1.03. The third-order valence-electron chi connectivity index (χ3n) is 4.12. The van der Waals surface area contributed by atoms with Crippen molar-refractivity contribution in [1.29, 1.82) is 0 Å². The molecule has 0 fully saturated rings. The summed E-state index contributed by atoms with van der Waals surface area (Å²) in [5.41, 5.74) is 2.98. The molecule has 0 aliphatic heterocycles. The van der Waals surface area contributed by atoms with Crippen LogP contribution in [-0.2, 0) is 9.53 Å². The van der Waals surface area contributed by atoms with Crippen molar-refractivity contribution < 1.29 is 19.1 Å². The molecule has 1 amide bonds. The molecule has 0 saturated carbocycles. The molecule has 0 radical (unpaired) electrons. The van der Waals surface area contributed by atoms with Crippen LogP contribution < -0.4 is 5.32 Å². The van der Waals surface area contributed by atoms with E-state index in [1.807, 2.05) is 42.5 Å². The number of hydrogen-bond acceptors (Lipinski definition) is 4. The van der Waals surface area contributed by atoms with Crippen molar-refractivity contribution in [2.24, 2.45) is 0 Å². The lowest BCUT2D eigenvalue weighted by molar-refractivity contribution is -0.119. The predicted octanol–water partition coefficient (Wildman–Crippen LogP) is 4.35. The second-order valence-corrected chi connectivity index (χ2v) is 6.17. The van der Waals surface area contributed by atoms with Gasteiger partial charge in [0.25, 0.3) is 5.91 Å². The average Bonchev–Trinajstić information content (AvgIpc) is 2.73. The van der Waals surface area contributed by atoms with Gasteiger partial charge in [-0.05, 0) is 36.2 Å². The summed E-state index contributed by atoms with van der Waals surface area (Å²) in [5.74, 6) is -1.15. The monoisotopic (exact) mass is 373 g/mol. The standard InChI is InChI=1S/C23H19NO4/c1-16(25)18-10-7-11-19(14-18)24-22(26)15-28-23(27)21-13-6-5-12-20(21)17-8-3-2-4-9-17/h2-14H,15H2,1H3,(H,24,26). The smallest absolute Gasteiger partial charge is 0.339 e. The topological polar surface area (TPSA) is 72.5 Å². The number of hydrogen-bond donors (Lipinski definition) is 1. The highest BCUT2D eigenvalue weighted by Gasteiger charge is 2.15. The van der Waals surface area contributed by atoms with Crippen LogP contribution in [0.1, 0.15) is 27.6 Å². The molecular formula is C23H19NO4. The average molecular weight is 373 g/mol. The zero-order chi connectivity index (χ0) is 19.9. The molecule has 3 aromatic carbocycles. The molecule has 0 unspecified atom stereocenters. The molecule has 0 bridgehead atoms. The number of anilines is 1. The van der Waals surface area contributed by atoms with E-state index in [1.165, 1.54) is 6.92 Å². The van der Waals surface area contributed by atoms with Crippen LogP contribution in [0.4, 0.5) is 5.69 Å². The second kappa shape index (κ2) is 8.77. The first-order valence-electron chi connectivity index (χ1n) is 8.77. The molecule has 0 atom stereocenters. The molecule has 0 spiro atoms. The Morgan fingerprint density at radius 1 is 0.857 bits per heavy atom. The molecule has 0 aliphatic rings. The van der Waals surface area contributed by atoms with E-state index in [0.29, 0.717) is 16.8 Å². The maximum Gasteiger partial charge on any atom is 0.339 e. The number of ether oxygens (including phenoxy) is 1. The third-order valence-corrected chi connectivity index (χ3v) is 4.12. The Hall–Kier alpha value is -3.73. The van der Waals surface area contributed by atoms with E-state index in [9.17, 15) is 14.4 Å². The highest BCUT2D eigenvalue weighted by atomic mass is 16.5. The van der Waals surface area contributed by atoms with Gasteiger partial charge in [0.1, 0.15) is 0 Å². The minimum atomic E-state index is -0.577. The van der Waals surface area contributed by atoms with Crippen molar-refractivity contribution in [3.8, 4) is 11.1 Å². The van der Waals surface area contributed by atoms with Gasteiger partial charge in [-0.2, -0.15) is 0 Å². The Bertz CT molecular complexity index is 1010. The quantitative estimate of drug-likeness (QED) is 0.515. The number of benzene rings is 3. The van der Waals surface area contributed by atoms with Gasteiger partial charge in [0.15, 0.2) is 12.4 Å². The first-order valence-corrected chi connectivity index (χ1v) is 8.77. The summed E-state index contributed by atoms with van der Waals surface area (Å²) in [7, 11) is 0. The Morgan fingerprint density at radius 2 is 1.57 bits per heavy atom. The van der Waals surface area contributed by atoms with Crippen LogP contribution in [0.15, 0.2) is 78.9 Å². The number of carbonyl (C=O) groups excluding carboxylic acids is 3. The number of Topliss-reactive ketones (excluding diaryl/α,β-unsaturated/α-hetero) is 1. The molecule has 0 heterocycles. The van der Waals surface area contributed by atoms with Gasteiger partial charge in [-0.1, -0.05) is 60.7 Å². The van der Waals surface area contributed by atoms with Gasteiger partial charge in [0.2, 0.25) is 0 Å². The van der Waals surface area contributed by atoms with Crippen molar-refractivity contribution >= 4 is 23.3 Å². The number of carbonyl (C=O) groups is 3. The highest BCUT2D eigenvalue weighted by molar-refractivity contribution is 6.00. The zero-order valence-electron chi connectivity index (χ0n) is 15.3. The third kappa shape index (κ3) is 4.71. The molecule has 28 heavy (non-hydrogen) atoms. The van der Waals surface area contributed by atoms with Crippen LogP contribution in [0.5, 0.6) is 0 Å². The SMILES string of the molecule is CC(=O)c1cccc(NC(=O)COC(=O)c2ccccc2-c2ccccc2)c1. The molecule has 0 saturated heterocycles. The zero-order valence-corrected chi connectivity index (χ0v) is 15.3. The summed E-state index contributed by atoms with van der Waals surface area (Å²) in [6, 6.07) is 23.1. The van der Waals surface area contributed by atoms with Gasteiger partial charge in [-0.25, -0.2) is 4.79 Å². The molecule has 140 valence electrons. The van der Waals surface area contributed by atoms with Crippen LogP contribution in [0, 0.1) is 0 Å². The number of nitrogens with one attached hydrogen (secondary N) is 1. The normalized spacial score (nSPS) is 10.2. The molecule has 3 rings (SSSR count). The minimum Gasteiger partial charge on any atom is -0.452 e. The Balaban J connectivity index is 1.66. The number of amides is 1. The lowest BCUT2D eigenvalue weighted by atomic mass is 10.00. The molecule has 1 N–H and O–H groups in total. The van der Waals surface area contributed by atoms with Gasteiger partial charge >= 0.3 is 5.97 Å². The molecule has 0 aromatic heterocycles. The number of rotatable bonds is 6. The van der Waals surface area contributed by atoms with E-state index in [1.54, 1.807) is 36.4 Å². The maximum atomic E-state index is 12.5. The maximum absolute atomic E-state index is 12.5. The molecule has 0 aliphatic carbocycles. The van der Waals surface area contributed by atoms with Crippen LogP contribution in [-0.4, -0.2) is 24.3 Å². The van der Waals surface area contributed by atoms with Crippen molar-refractivity contribution in [3.63, 3.8) is 0 Å². The van der Waals surface area contributed by atoms with E-state index in [4.69, 9.17) is 4.74 Å². The Morgan fingerprint density at radius 3 is 2.32 bits per heavy atom. The summed E-state index contributed by atoms with van der Waals surface area (Å²) in [6.07, 6.45) is 0. The van der Waals surface area contributed by atoms with E-state index < -0.39 is 18.5 Å². The Labute approximate surface area is 163 Å². The van der Waals surface area contributed by atoms with Gasteiger partial charge in [-0.15, -0.1) is 0 Å². The van der Waals surface area contributed by atoms with E-state index in [2.05, 4.69) is 5.32 Å². The Kier molecular flexibility index (Phi) is 5.97. The van der Waals surface area contributed by atoms with Crippen molar-refractivity contribution in [2.45, 2.75) is 6.92 Å². The molecule has 3 aromatic rings.